The summed E-state index contributed by atoms with van der Waals surface area (Å²) in [7, 11) is 0. The minimum atomic E-state index is -0.216. The monoisotopic (exact) mass is 258 g/mol. The van der Waals surface area contributed by atoms with E-state index in [1.54, 1.807) is 11.1 Å². The molecule has 0 saturated heterocycles. The molecule has 1 amide bonds. The third-order valence-electron chi connectivity index (χ3n) is 2.84. The van der Waals surface area contributed by atoms with Gasteiger partial charge < -0.3 is 0 Å². The molecular weight excluding hydrogens is 240 g/mol. The van der Waals surface area contributed by atoms with Gasteiger partial charge in [0, 0.05) is 12.2 Å². The van der Waals surface area contributed by atoms with E-state index in [0.717, 1.165) is 11.4 Å². The van der Waals surface area contributed by atoms with Crippen LogP contribution in [0.3, 0.4) is 0 Å². The molecule has 1 aromatic carbocycles. The number of rotatable bonds is 4. The van der Waals surface area contributed by atoms with E-state index in [0.29, 0.717) is 12.2 Å². The summed E-state index contributed by atoms with van der Waals surface area (Å²) >= 11 is 0. The van der Waals surface area contributed by atoms with Crippen LogP contribution in [0.2, 0.25) is 0 Å². The molecule has 2 aromatic rings. The van der Waals surface area contributed by atoms with Gasteiger partial charge in [0.15, 0.2) is 5.69 Å². The number of anilines is 1. The van der Waals surface area contributed by atoms with Crippen molar-refractivity contribution >= 4 is 11.6 Å². The normalized spacial score (nSPS) is 10.3. The van der Waals surface area contributed by atoms with E-state index in [-0.39, 0.29) is 5.91 Å². The number of hydrazine groups is 1. The molecule has 0 aliphatic heterocycles. The first-order chi connectivity index (χ1) is 9.10. The minimum absolute atomic E-state index is 0.216. The van der Waals surface area contributed by atoms with Crippen molar-refractivity contribution in [1.29, 1.82) is 0 Å². The van der Waals surface area contributed by atoms with E-state index in [9.17, 15) is 4.79 Å². The van der Waals surface area contributed by atoms with E-state index < -0.39 is 0 Å². The summed E-state index contributed by atoms with van der Waals surface area (Å²) in [6.45, 7) is 6.56. The highest BCUT2D eigenvalue weighted by Gasteiger charge is 2.13. The number of amides is 1. The van der Waals surface area contributed by atoms with Gasteiger partial charge in [0.05, 0.1) is 5.69 Å². The van der Waals surface area contributed by atoms with Crippen molar-refractivity contribution in [3.05, 3.63) is 47.3 Å². The number of carbonyl (C=O) groups is 1. The first-order valence-electron chi connectivity index (χ1n) is 6.27. The van der Waals surface area contributed by atoms with E-state index in [1.807, 2.05) is 45.0 Å². The van der Waals surface area contributed by atoms with Gasteiger partial charge in [-0.2, -0.15) is 5.10 Å². The summed E-state index contributed by atoms with van der Waals surface area (Å²) in [5.74, 6) is -0.216. The molecule has 0 aliphatic carbocycles. The summed E-state index contributed by atoms with van der Waals surface area (Å²) in [4.78, 5) is 12.0. The maximum Gasteiger partial charge on any atom is 0.290 e. The molecule has 1 aromatic heterocycles. The summed E-state index contributed by atoms with van der Waals surface area (Å²) in [5.41, 5.74) is 6.24. The van der Waals surface area contributed by atoms with Crippen LogP contribution in [0.1, 0.15) is 28.7 Å². The Morgan fingerprint density at radius 1 is 1.32 bits per heavy atom. The number of aromatic amines is 1. The maximum atomic E-state index is 12.0. The van der Waals surface area contributed by atoms with Crippen molar-refractivity contribution in [2.45, 2.75) is 20.8 Å². The van der Waals surface area contributed by atoms with Gasteiger partial charge in [-0.25, -0.2) is 0 Å². The molecule has 0 spiro atoms. The molecule has 5 nitrogen and oxygen atoms in total. The highest BCUT2D eigenvalue weighted by atomic mass is 16.2. The van der Waals surface area contributed by atoms with Crippen molar-refractivity contribution in [3.63, 3.8) is 0 Å². The van der Waals surface area contributed by atoms with Crippen molar-refractivity contribution in [2.24, 2.45) is 0 Å². The highest BCUT2D eigenvalue weighted by Crippen LogP contribution is 2.13. The molecular formula is C14H18N4O. The number of hydrogen-bond donors (Lipinski definition) is 2. The molecule has 0 radical (unpaired) electrons. The minimum Gasteiger partial charge on any atom is -0.286 e. The molecule has 1 heterocycles. The van der Waals surface area contributed by atoms with Crippen molar-refractivity contribution < 1.29 is 4.79 Å². The number of H-pyrrole nitrogens is 1. The Labute approximate surface area is 112 Å². The molecule has 0 saturated carbocycles. The molecule has 2 N–H and O–H groups in total. The van der Waals surface area contributed by atoms with Crippen molar-refractivity contribution in [2.75, 3.05) is 11.6 Å². The molecule has 0 aliphatic rings. The topological polar surface area (TPSA) is 61.0 Å². The van der Waals surface area contributed by atoms with Crippen LogP contribution < -0.4 is 10.4 Å². The van der Waals surface area contributed by atoms with Crippen LogP contribution >= 0.6 is 0 Å². The number of aromatic nitrogens is 2. The quantitative estimate of drug-likeness (QED) is 0.826. The SMILES string of the molecule is CCN(NC(=O)c1cc(C)[nH]n1)c1ccc(C)cc1. The predicted octanol–water partition coefficient (Wildman–Crippen LogP) is 2.20. The van der Waals surface area contributed by atoms with E-state index in [4.69, 9.17) is 0 Å². The van der Waals surface area contributed by atoms with Crippen LogP contribution in [-0.4, -0.2) is 22.6 Å². The summed E-state index contributed by atoms with van der Waals surface area (Å²) in [6.07, 6.45) is 0. The van der Waals surface area contributed by atoms with Gasteiger partial charge in [0.2, 0.25) is 0 Å². The molecule has 2 rings (SSSR count). The summed E-state index contributed by atoms with van der Waals surface area (Å²) < 4.78 is 0. The molecule has 0 bridgehead atoms. The number of carbonyl (C=O) groups excluding carboxylic acids is 1. The Morgan fingerprint density at radius 3 is 2.53 bits per heavy atom. The second-order valence-electron chi connectivity index (χ2n) is 4.46. The van der Waals surface area contributed by atoms with Gasteiger partial charge in [-0.15, -0.1) is 0 Å². The standard InChI is InChI=1S/C14H18N4O/c1-4-18(12-7-5-10(2)6-8-12)17-14(19)13-9-11(3)15-16-13/h5-9H,4H2,1-3H3,(H,15,16)(H,17,19). The first-order valence-corrected chi connectivity index (χ1v) is 6.27. The van der Waals surface area contributed by atoms with Gasteiger partial charge in [0.25, 0.3) is 5.91 Å². The molecule has 0 unspecified atom stereocenters. The number of benzene rings is 1. The fourth-order valence-corrected chi connectivity index (χ4v) is 1.77. The summed E-state index contributed by atoms with van der Waals surface area (Å²) in [5, 5.41) is 8.50. The number of hydrogen-bond acceptors (Lipinski definition) is 3. The molecule has 19 heavy (non-hydrogen) atoms. The Morgan fingerprint density at radius 2 is 2.00 bits per heavy atom. The Hall–Kier alpha value is -2.30. The number of nitrogens with one attached hydrogen (secondary N) is 2. The van der Waals surface area contributed by atoms with Crippen LogP contribution in [0.25, 0.3) is 0 Å². The van der Waals surface area contributed by atoms with Gasteiger partial charge in [-0.1, -0.05) is 17.7 Å². The van der Waals surface area contributed by atoms with Gasteiger partial charge >= 0.3 is 0 Å². The van der Waals surface area contributed by atoms with Gasteiger partial charge in [-0.05, 0) is 39.0 Å². The van der Waals surface area contributed by atoms with Crippen LogP contribution in [0.15, 0.2) is 30.3 Å². The lowest BCUT2D eigenvalue weighted by molar-refractivity contribution is 0.0944. The fourth-order valence-electron chi connectivity index (χ4n) is 1.77. The van der Waals surface area contributed by atoms with Crippen LogP contribution in [-0.2, 0) is 0 Å². The zero-order valence-electron chi connectivity index (χ0n) is 11.4. The summed E-state index contributed by atoms with van der Waals surface area (Å²) in [6, 6.07) is 9.72. The first kappa shape index (κ1) is 13.1. The Balaban J connectivity index is 2.11. The average Bonchev–Trinajstić information content (AvgIpc) is 2.84. The van der Waals surface area contributed by atoms with Crippen molar-refractivity contribution in [3.8, 4) is 0 Å². The van der Waals surface area contributed by atoms with E-state index in [2.05, 4.69) is 15.6 Å². The third-order valence-corrected chi connectivity index (χ3v) is 2.84. The Bertz CT molecular complexity index is 559. The van der Waals surface area contributed by atoms with E-state index >= 15 is 0 Å². The fraction of sp³-hybridized carbons (Fsp3) is 0.286. The highest BCUT2D eigenvalue weighted by molar-refractivity contribution is 5.93. The number of nitrogens with zero attached hydrogens (tertiary/aromatic N) is 2. The third kappa shape index (κ3) is 3.13. The molecule has 5 heteroatoms. The largest absolute Gasteiger partial charge is 0.290 e. The smallest absolute Gasteiger partial charge is 0.286 e. The van der Waals surface area contributed by atoms with Crippen LogP contribution in [0.5, 0.6) is 0 Å². The average molecular weight is 258 g/mol. The van der Waals surface area contributed by atoms with Gasteiger partial charge in [0.1, 0.15) is 0 Å². The lowest BCUT2D eigenvalue weighted by atomic mass is 10.2. The number of aryl methyl sites for hydroxylation is 2. The molecule has 0 fully saturated rings. The zero-order valence-corrected chi connectivity index (χ0v) is 11.4. The van der Waals surface area contributed by atoms with Crippen molar-refractivity contribution in [1.82, 2.24) is 15.6 Å². The lowest BCUT2D eigenvalue weighted by Gasteiger charge is -2.23. The molecule has 100 valence electrons. The Kier molecular flexibility index (Phi) is 3.85. The van der Waals surface area contributed by atoms with Crippen LogP contribution in [0, 0.1) is 13.8 Å². The molecule has 0 atom stereocenters. The van der Waals surface area contributed by atoms with Gasteiger partial charge in [-0.3, -0.25) is 20.3 Å². The lowest BCUT2D eigenvalue weighted by Crippen LogP contribution is -2.42. The maximum absolute atomic E-state index is 12.0. The predicted molar refractivity (Wildman–Crippen MR) is 75.0 cm³/mol. The second-order valence-corrected chi connectivity index (χ2v) is 4.46. The van der Waals surface area contributed by atoms with Crippen LogP contribution in [0.4, 0.5) is 5.69 Å². The van der Waals surface area contributed by atoms with E-state index in [1.165, 1.54) is 5.56 Å². The second kappa shape index (κ2) is 5.56. The zero-order chi connectivity index (χ0) is 13.8.